The number of carbonyl (C=O) groups is 1. The minimum atomic E-state index is -0.864. The number of likely N-dealkylation sites (tertiary alicyclic amines) is 1. The molecule has 2 heterocycles. The topological polar surface area (TPSA) is 53.0 Å². The summed E-state index contributed by atoms with van der Waals surface area (Å²) in [6.07, 6.45) is 2.34. The normalized spacial score (nSPS) is 20.9. The molecule has 0 saturated carbocycles. The third-order valence-corrected chi connectivity index (χ3v) is 5.83. The fourth-order valence-corrected chi connectivity index (χ4v) is 4.30. The summed E-state index contributed by atoms with van der Waals surface area (Å²) >= 11 is 0. The molecule has 2 aliphatic heterocycles. The number of benzene rings is 2. The van der Waals surface area contributed by atoms with E-state index < -0.39 is 5.97 Å². The van der Waals surface area contributed by atoms with Crippen LogP contribution in [0.5, 0.6) is 0 Å². The molecule has 0 amide bonds. The molecule has 2 aromatic rings. The highest BCUT2D eigenvalue weighted by Gasteiger charge is 2.22. The number of carboxylic acid groups (broad SMARTS) is 1. The number of hydrogen-bond donors (Lipinski definition) is 1. The highest BCUT2D eigenvalue weighted by Crippen LogP contribution is 2.28. The molecule has 0 spiro atoms. The van der Waals surface area contributed by atoms with E-state index in [-0.39, 0.29) is 0 Å². The van der Waals surface area contributed by atoms with Crippen LogP contribution in [0.1, 0.15) is 40.2 Å². The lowest BCUT2D eigenvalue weighted by atomic mass is 9.90. The molecule has 0 aromatic heterocycles. The van der Waals surface area contributed by atoms with E-state index in [2.05, 4.69) is 34.1 Å². The number of anilines is 1. The minimum Gasteiger partial charge on any atom is -0.478 e. The number of ether oxygens (including phenoxy) is 1. The Morgan fingerprint density at radius 1 is 1.07 bits per heavy atom. The smallest absolute Gasteiger partial charge is 0.335 e. The van der Waals surface area contributed by atoms with E-state index in [4.69, 9.17) is 9.84 Å². The number of carboxylic acids is 1. The van der Waals surface area contributed by atoms with Crippen LogP contribution in [-0.4, -0.2) is 55.4 Å². The molecule has 2 saturated heterocycles. The Balaban J connectivity index is 1.40. The fourth-order valence-electron chi connectivity index (χ4n) is 4.30. The van der Waals surface area contributed by atoms with Crippen LogP contribution in [0.4, 0.5) is 5.69 Å². The van der Waals surface area contributed by atoms with Gasteiger partial charge in [-0.15, -0.1) is 0 Å². The van der Waals surface area contributed by atoms with Crippen molar-refractivity contribution >= 4 is 11.7 Å². The zero-order chi connectivity index (χ0) is 19.3. The van der Waals surface area contributed by atoms with Gasteiger partial charge in [0.25, 0.3) is 0 Å². The molecule has 0 unspecified atom stereocenters. The molecule has 2 aliphatic rings. The standard InChI is InChI=1S/C23H28N2O3/c26-23(27)20-8-6-19(7-9-20)21-4-2-10-24(17-21)16-18-3-1-5-22(15-18)25-11-13-28-14-12-25/h1,3,5-9,15,21H,2,4,10-14,16-17H2,(H,26,27)/t21-/m0/s1. The second-order valence-electron chi connectivity index (χ2n) is 7.77. The summed E-state index contributed by atoms with van der Waals surface area (Å²) in [7, 11) is 0. The molecule has 0 bridgehead atoms. The van der Waals surface area contributed by atoms with Crippen molar-refractivity contribution in [3.05, 3.63) is 65.2 Å². The van der Waals surface area contributed by atoms with E-state index in [1.165, 1.54) is 23.2 Å². The highest BCUT2D eigenvalue weighted by molar-refractivity contribution is 5.87. The molecule has 2 aromatic carbocycles. The number of aromatic carboxylic acids is 1. The van der Waals surface area contributed by atoms with Crippen LogP contribution in [-0.2, 0) is 11.3 Å². The molecule has 148 valence electrons. The Kier molecular flexibility index (Phi) is 5.93. The van der Waals surface area contributed by atoms with Gasteiger partial charge in [0.1, 0.15) is 0 Å². The molecule has 5 nitrogen and oxygen atoms in total. The first kappa shape index (κ1) is 19.0. The highest BCUT2D eigenvalue weighted by atomic mass is 16.5. The van der Waals surface area contributed by atoms with E-state index >= 15 is 0 Å². The van der Waals surface area contributed by atoms with Crippen LogP contribution in [0.25, 0.3) is 0 Å². The predicted octanol–water partition coefficient (Wildman–Crippen LogP) is 3.60. The maximum absolute atomic E-state index is 11.1. The van der Waals surface area contributed by atoms with E-state index in [0.29, 0.717) is 11.5 Å². The van der Waals surface area contributed by atoms with Gasteiger partial charge in [-0.2, -0.15) is 0 Å². The van der Waals surface area contributed by atoms with E-state index in [0.717, 1.165) is 52.4 Å². The number of nitrogens with zero attached hydrogens (tertiary/aromatic N) is 2. The molecule has 28 heavy (non-hydrogen) atoms. The average molecular weight is 380 g/mol. The van der Waals surface area contributed by atoms with Gasteiger partial charge in [0, 0.05) is 31.9 Å². The summed E-state index contributed by atoms with van der Waals surface area (Å²) in [5.41, 5.74) is 4.25. The Bertz CT molecular complexity index is 800. The van der Waals surface area contributed by atoms with Crippen LogP contribution in [0.15, 0.2) is 48.5 Å². The molecule has 2 fully saturated rings. The number of hydrogen-bond acceptors (Lipinski definition) is 4. The summed E-state index contributed by atoms with van der Waals surface area (Å²) in [5.74, 6) is -0.393. The van der Waals surface area contributed by atoms with E-state index in [1.54, 1.807) is 12.1 Å². The molecule has 0 radical (unpaired) electrons. The van der Waals surface area contributed by atoms with Gasteiger partial charge in [-0.05, 0) is 60.7 Å². The first-order valence-corrected chi connectivity index (χ1v) is 10.2. The molecule has 0 aliphatic carbocycles. The van der Waals surface area contributed by atoms with Gasteiger partial charge >= 0.3 is 5.97 Å². The van der Waals surface area contributed by atoms with Gasteiger partial charge in [0.05, 0.1) is 18.8 Å². The van der Waals surface area contributed by atoms with Crippen molar-refractivity contribution in [2.75, 3.05) is 44.3 Å². The van der Waals surface area contributed by atoms with E-state index in [9.17, 15) is 4.79 Å². The average Bonchev–Trinajstić information content (AvgIpc) is 2.75. The van der Waals surface area contributed by atoms with Crippen molar-refractivity contribution < 1.29 is 14.6 Å². The lowest BCUT2D eigenvalue weighted by Gasteiger charge is -2.33. The van der Waals surface area contributed by atoms with Crippen molar-refractivity contribution in [2.24, 2.45) is 0 Å². The summed E-state index contributed by atoms with van der Waals surface area (Å²) < 4.78 is 5.46. The molecule has 1 atom stereocenters. The van der Waals surface area contributed by atoms with Crippen molar-refractivity contribution in [3.63, 3.8) is 0 Å². The number of piperidine rings is 1. The van der Waals surface area contributed by atoms with Crippen LogP contribution < -0.4 is 4.90 Å². The molecular formula is C23H28N2O3. The Morgan fingerprint density at radius 2 is 1.86 bits per heavy atom. The van der Waals surface area contributed by atoms with Crippen molar-refractivity contribution in [1.82, 2.24) is 4.90 Å². The number of morpholine rings is 1. The molecule has 4 rings (SSSR count). The number of rotatable bonds is 5. The predicted molar refractivity (Wildman–Crippen MR) is 110 cm³/mol. The second-order valence-corrected chi connectivity index (χ2v) is 7.77. The third kappa shape index (κ3) is 4.54. The van der Waals surface area contributed by atoms with Gasteiger partial charge in [-0.1, -0.05) is 24.3 Å². The van der Waals surface area contributed by atoms with Crippen molar-refractivity contribution in [3.8, 4) is 0 Å². The van der Waals surface area contributed by atoms with Crippen LogP contribution in [0.3, 0.4) is 0 Å². The fraction of sp³-hybridized carbons (Fsp3) is 0.435. The van der Waals surface area contributed by atoms with Crippen molar-refractivity contribution in [2.45, 2.75) is 25.3 Å². The van der Waals surface area contributed by atoms with Gasteiger partial charge in [0.15, 0.2) is 0 Å². The van der Waals surface area contributed by atoms with Crippen LogP contribution in [0, 0.1) is 0 Å². The summed E-state index contributed by atoms with van der Waals surface area (Å²) in [4.78, 5) is 16.0. The SMILES string of the molecule is O=C(O)c1ccc([C@H]2CCCN(Cc3cccc(N4CCOCC4)c3)C2)cc1. The van der Waals surface area contributed by atoms with Gasteiger partial charge in [-0.25, -0.2) is 4.79 Å². The monoisotopic (exact) mass is 380 g/mol. The van der Waals surface area contributed by atoms with Gasteiger partial charge < -0.3 is 14.7 Å². The Morgan fingerprint density at radius 3 is 2.61 bits per heavy atom. The summed E-state index contributed by atoms with van der Waals surface area (Å²) in [6, 6.07) is 16.3. The van der Waals surface area contributed by atoms with Crippen molar-refractivity contribution in [1.29, 1.82) is 0 Å². The molecular weight excluding hydrogens is 352 g/mol. The lowest BCUT2D eigenvalue weighted by Crippen LogP contribution is -2.36. The molecule has 5 heteroatoms. The second kappa shape index (κ2) is 8.76. The maximum atomic E-state index is 11.1. The Labute approximate surface area is 166 Å². The lowest BCUT2D eigenvalue weighted by molar-refractivity contribution is 0.0697. The zero-order valence-electron chi connectivity index (χ0n) is 16.2. The van der Waals surface area contributed by atoms with E-state index in [1.807, 2.05) is 12.1 Å². The first-order valence-electron chi connectivity index (χ1n) is 10.2. The van der Waals surface area contributed by atoms with Gasteiger partial charge in [-0.3, -0.25) is 4.90 Å². The first-order chi connectivity index (χ1) is 13.7. The quantitative estimate of drug-likeness (QED) is 0.859. The summed E-state index contributed by atoms with van der Waals surface area (Å²) in [6.45, 7) is 6.63. The zero-order valence-corrected chi connectivity index (χ0v) is 16.2. The van der Waals surface area contributed by atoms with Crippen LogP contribution >= 0.6 is 0 Å². The molecule has 1 N–H and O–H groups in total. The maximum Gasteiger partial charge on any atom is 0.335 e. The Hall–Kier alpha value is -2.37. The largest absolute Gasteiger partial charge is 0.478 e. The van der Waals surface area contributed by atoms with Crippen LogP contribution in [0.2, 0.25) is 0 Å². The van der Waals surface area contributed by atoms with Gasteiger partial charge in [0.2, 0.25) is 0 Å². The summed E-state index contributed by atoms with van der Waals surface area (Å²) in [5, 5.41) is 9.09. The third-order valence-electron chi connectivity index (χ3n) is 5.83. The minimum absolute atomic E-state index is 0.358.